The van der Waals surface area contributed by atoms with Gasteiger partial charge in [0.1, 0.15) is 0 Å². The van der Waals surface area contributed by atoms with E-state index in [1.807, 2.05) is 18.2 Å². The monoisotopic (exact) mass is 474 g/mol. The number of benzene rings is 2. The lowest BCUT2D eigenvalue weighted by molar-refractivity contribution is 0.301. The van der Waals surface area contributed by atoms with E-state index in [0.29, 0.717) is 11.8 Å². The summed E-state index contributed by atoms with van der Waals surface area (Å²) in [5, 5.41) is 0. The van der Waals surface area contributed by atoms with Crippen molar-refractivity contribution in [1.82, 2.24) is 0 Å². The molecule has 3 unspecified atom stereocenters. The van der Waals surface area contributed by atoms with Crippen molar-refractivity contribution in [3.8, 4) is 0 Å². The molecule has 0 aliphatic heterocycles. The Labute approximate surface area is 219 Å². The second kappa shape index (κ2) is 12.7. The van der Waals surface area contributed by atoms with Crippen molar-refractivity contribution in [3.63, 3.8) is 0 Å². The van der Waals surface area contributed by atoms with Crippen LogP contribution in [0.2, 0.25) is 0 Å². The summed E-state index contributed by atoms with van der Waals surface area (Å²) in [6, 6.07) is 17.9. The Bertz CT molecular complexity index is 1150. The standard InChI is InChI=1S/C36H42/c1-5-6-7-8-9-11-15-27(2)34-18-14-19-35(34)28(3)24-31-20-23-36-29(4)32(21-22-33(36)26-31)25-30-16-12-10-13-17-30/h5-10,12-13,16-17,20-21,23,26,28,34-35H,1-2,4,11,14-15,18-19,22,24-25H2,3H3/b7-6-,9-8+. The first-order valence-corrected chi connectivity index (χ1v) is 13.7. The van der Waals surface area contributed by atoms with Crippen LogP contribution in [0.15, 0.2) is 116 Å². The summed E-state index contributed by atoms with van der Waals surface area (Å²) in [5.74, 6) is 2.11. The van der Waals surface area contributed by atoms with Crippen LogP contribution in [0.3, 0.4) is 0 Å². The summed E-state index contributed by atoms with van der Waals surface area (Å²) in [6.45, 7) is 15.2. The summed E-state index contributed by atoms with van der Waals surface area (Å²) >= 11 is 0. The van der Waals surface area contributed by atoms with Crippen molar-refractivity contribution >= 4 is 5.57 Å². The molecular formula is C36H42. The van der Waals surface area contributed by atoms with Gasteiger partial charge in [-0.05, 0) is 96.1 Å². The maximum atomic E-state index is 4.53. The Morgan fingerprint density at radius 3 is 2.67 bits per heavy atom. The molecule has 0 amide bonds. The third-order valence-corrected chi connectivity index (χ3v) is 8.20. The molecule has 1 saturated carbocycles. The smallest absolute Gasteiger partial charge is 0.00229 e. The molecule has 0 spiro atoms. The molecule has 0 nitrogen and oxygen atoms in total. The zero-order chi connectivity index (χ0) is 25.3. The van der Waals surface area contributed by atoms with Crippen LogP contribution in [0.5, 0.6) is 0 Å². The molecule has 4 rings (SSSR count). The van der Waals surface area contributed by atoms with Crippen molar-refractivity contribution < 1.29 is 0 Å². The van der Waals surface area contributed by atoms with Crippen molar-refractivity contribution in [3.05, 3.63) is 138 Å². The Hall–Kier alpha value is -3.12. The van der Waals surface area contributed by atoms with Gasteiger partial charge in [0.2, 0.25) is 0 Å². The van der Waals surface area contributed by atoms with Gasteiger partial charge in [-0.15, -0.1) is 0 Å². The van der Waals surface area contributed by atoms with Gasteiger partial charge >= 0.3 is 0 Å². The average Bonchev–Trinajstić information content (AvgIpc) is 3.39. The lowest BCUT2D eigenvalue weighted by atomic mass is 9.77. The quantitative estimate of drug-likeness (QED) is 0.225. The van der Waals surface area contributed by atoms with E-state index in [-0.39, 0.29) is 0 Å². The molecular weight excluding hydrogens is 432 g/mol. The zero-order valence-electron chi connectivity index (χ0n) is 22.1. The fraction of sp³-hybridized carbons (Fsp3) is 0.333. The number of hydrogen-bond acceptors (Lipinski definition) is 0. The Morgan fingerprint density at radius 1 is 1.03 bits per heavy atom. The Morgan fingerprint density at radius 2 is 1.86 bits per heavy atom. The van der Waals surface area contributed by atoms with E-state index in [4.69, 9.17) is 0 Å². The van der Waals surface area contributed by atoms with Crippen molar-refractivity contribution in [2.45, 2.75) is 58.3 Å². The van der Waals surface area contributed by atoms with Crippen LogP contribution in [-0.2, 0) is 19.3 Å². The minimum atomic E-state index is 0.675. The maximum absolute atomic E-state index is 4.53. The molecule has 2 aromatic carbocycles. The van der Waals surface area contributed by atoms with Crippen LogP contribution >= 0.6 is 0 Å². The largest absolute Gasteiger partial charge is 0.0996 e. The first kappa shape index (κ1) is 26.0. The van der Waals surface area contributed by atoms with Crippen LogP contribution in [0.25, 0.3) is 5.57 Å². The lowest BCUT2D eigenvalue weighted by Crippen LogP contribution is -2.20. The van der Waals surface area contributed by atoms with Gasteiger partial charge < -0.3 is 0 Å². The normalized spacial score (nSPS) is 20.5. The van der Waals surface area contributed by atoms with Crippen molar-refractivity contribution in [2.24, 2.45) is 17.8 Å². The van der Waals surface area contributed by atoms with Gasteiger partial charge in [-0.2, -0.15) is 0 Å². The number of rotatable bonds is 11. The second-order valence-electron chi connectivity index (χ2n) is 10.7. The van der Waals surface area contributed by atoms with E-state index in [2.05, 4.69) is 93.4 Å². The molecule has 36 heavy (non-hydrogen) atoms. The number of fused-ring (bicyclic) bond motifs is 1. The SMILES string of the molecule is C=C/C=C\C=C\CCC(=C)C1CCCC1C(C)Cc1ccc2c(c1)CC=C(Cc1ccccc1)C2=C. The summed E-state index contributed by atoms with van der Waals surface area (Å²) in [4.78, 5) is 0. The second-order valence-corrected chi connectivity index (χ2v) is 10.7. The minimum Gasteiger partial charge on any atom is -0.0996 e. The third kappa shape index (κ3) is 6.55. The van der Waals surface area contributed by atoms with E-state index < -0.39 is 0 Å². The fourth-order valence-corrected chi connectivity index (χ4v) is 6.23. The minimum absolute atomic E-state index is 0.675. The molecule has 186 valence electrons. The average molecular weight is 475 g/mol. The Kier molecular flexibility index (Phi) is 9.17. The first-order valence-electron chi connectivity index (χ1n) is 13.7. The van der Waals surface area contributed by atoms with Crippen LogP contribution in [0.4, 0.5) is 0 Å². The lowest BCUT2D eigenvalue weighted by Gasteiger charge is -2.28. The summed E-state index contributed by atoms with van der Waals surface area (Å²) in [5.41, 5.74) is 9.62. The molecule has 2 aliphatic rings. The van der Waals surface area contributed by atoms with Crippen LogP contribution < -0.4 is 0 Å². The highest BCUT2D eigenvalue weighted by molar-refractivity contribution is 5.81. The predicted molar refractivity (Wildman–Crippen MR) is 158 cm³/mol. The summed E-state index contributed by atoms with van der Waals surface area (Å²) < 4.78 is 0. The van der Waals surface area contributed by atoms with Crippen molar-refractivity contribution in [2.75, 3.05) is 0 Å². The van der Waals surface area contributed by atoms with Gasteiger partial charge in [0.05, 0.1) is 0 Å². The highest BCUT2D eigenvalue weighted by atomic mass is 14.4. The van der Waals surface area contributed by atoms with E-state index in [0.717, 1.165) is 38.0 Å². The zero-order valence-corrected chi connectivity index (χ0v) is 22.1. The molecule has 0 heterocycles. The molecule has 0 radical (unpaired) electrons. The highest BCUT2D eigenvalue weighted by Crippen LogP contribution is 2.43. The molecule has 0 N–H and O–H groups in total. The van der Waals surface area contributed by atoms with E-state index in [1.54, 1.807) is 0 Å². The van der Waals surface area contributed by atoms with Gasteiger partial charge in [-0.1, -0.05) is 124 Å². The molecule has 0 bridgehead atoms. The van der Waals surface area contributed by atoms with E-state index in [1.165, 1.54) is 58.2 Å². The fourth-order valence-electron chi connectivity index (χ4n) is 6.23. The third-order valence-electron chi connectivity index (χ3n) is 8.20. The molecule has 2 aromatic rings. The van der Waals surface area contributed by atoms with E-state index in [9.17, 15) is 0 Å². The van der Waals surface area contributed by atoms with Crippen LogP contribution in [0.1, 0.15) is 61.3 Å². The first-order chi connectivity index (χ1) is 17.6. The predicted octanol–water partition coefficient (Wildman–Crippen LogP) is 9.65. The molecule has 0 heteroatoms. The topological polar surface area (TPSA) is 0 Å². The molecule has 2 aliphatic carbocycles. The van der Waals surface area contributed by atoms with Gasteiger partial charge in [0, 0.05) is 0 Å². The Balaban J connectivity index is 1.35. The molecule has 3 atom stereocenters. The highest BCUT2D eigenvalue weighted by Gasteiger charge is 2.32. The van der Waals surface area contributed by atoms with Crippen LogP contribution in [0, 0.1) is 17.8 Å². The molecule has 0 saturated heterocycles. The molecule has 1 fully saturated rings. The van der Waals surface area contributed by atoms with E-state index >= 15 is 0 Å². The number of allylic oxidation sites excluding steroid dienone is 9. The van der Waals surface area contributed by atoms with Gasteiger partial charge in [0.15, 0.2) is 0 Å². The van der Waals surface area contributed by atoms with Gasteiger partial charge in [-0.25, -0.2) is 0 Å². The van der Waals surface area contributed by atoms with Crippen molar-refractivity contribution in [1.29, 1.82) is 0 Å². The summed E-state index contributed by atoms with van der Waals surface area (Å²) in [6.07, 6.45) is 21.9. The number of hydrogen-bond donors (Lipinski definition) is 0. The maximum Gasteiger partial charge on any atom is -0.00229 e. The molecule has 0 aromatic heterocycles. The van der Waals surface area contributed by atoms with Gasteiger partial charge in [0.25, 0.3) is 0 Å². The van der Waals surface area contributed by atoms with Gasteiger partial charge in [-0.3, -0.25) is 0 Å². The van der Waals surface area contributed by atoms with Crippen LogP contribution in [-0.4, -0.2) is 0 Å². The summed E-state index contributed by atoms with van der Waals surface area (Å²) in [7, 11) is 0.